The zero-order chi connectivity index (χ0) is 13.5. The van der Waals surface area contributed by atoms with Crippen molar-refractivity contribution in [2.24, 2.45) is 0 Å². The van der Waals surface area contributed by atoms with E-state index in [1.165, 1.54) is 12.3 Å². The second-order valence-corrected chi connectivity index (χ2v) is 3.83. The molecular formula is C11H18N4O3. The van der Waals surface area contributed by atoms with Crippen molar-refractivity contribution < 1.29 is 14.3 Å². The number of rotatable bonds is 6. The molecule has 1 rings (SSSR count). The summed E-state index contributed by atoms with van der Waals surface area (Å²) in [7, 11) is 1.55. The van der Waals surface area contributed by atoms with E-state index < -0.39 is 6.04 Å². The topological polar surface area (TPSA) is 109 Å². The maximum Gasteiger partial charge on any atom is 0.268 e. The molecule has 1 heterocycles. The molecule has 0 spiro atoms. The summed E-state index contributed by atoms with van der Waals surface area (Å²) in [4.78, 5) is 26.0. The number of hydrogen-bond acceptors (Lipinski definition) is 4. The average Bonchev–Trinajstić information content (AvgIpc) is 2.76. The van der Waals surface area contributed by atoms with Crippen LogP contribution in [0.2, 0.25) is 0 Å². The van der Waals surface area contributed by atoms with E-state index >= 15 is 0 Å². The van der Waals surface area contributed by atoms with Gasteiger partial charge >= 0.3 is 0 Å². The first kappa shape index (κ1) is 14.0. The summed E-state index contributed by atoms with van der Waals surface area (Å²) >= 11 is 0. The molecule has 18 heavy (non-hydrogen) atoms. The molecule has 0 aliphatic carbocycles. The van der Waals surface area contributed by atoms with Crippen LogP contribution in [0.5, 0.6) is 0 Å². The third-order valence-corrected chi connectivity index (χ3v) is 2.30. The number of carbonyl (C=O) groups excluding carboxylic acids is 2. The van der Waals surface area contributed by atoms with Crippen molar-refractivity contribution in [3.63, 3.8) is 0 Å². The lowest BCUT2D eigenvalue weighted by molar-refractivity contribution is -0.122. The molecule has 0 saturated heterocycles. The first-order chi connectivity index (χ1) is 8.54. The second kappa shape index (κ2) is 6.65. The fraction of sp³-hybridized carbons (Fsp3) is 0.455. The fourth-order valence-electron chi connectivity index (χ4n) is 1.31. The molecule has 2 amide bonds. The van der Waals surface area contributed by atoms with E-state index in [9.17, 15) is 9.59 Å². The summed E-state index contributed by atoms with van der Waals surface area (Å²) in [5.41, 5.74) is 6.28. The van der Waals surface area contributed by atoms with Crippen LogP contribution in [0.15, 0.2) is 12.3 Å². The predicted octanol–water partition coefficient (Wildman–Crippen LogP) is -0.522. The van der Waals surface area contributed by atoms with E-state index in [1.54, 1.807) is 14.0 Å². The molecule has 0 fully saturated rings. The number of hydrogen-bond donors (Lipinski definition) is 4. The van der Waals surface area contributed by atoms with E-state index in [0.717, 1.165) is 0 Å². The number of carbonyl (C=O) groups is 2. The molecule has 1 atom stereocenters. The van der Waals surface area contributed by atoms with Gasteiger partial charge in [-0.05, 0) is 13.0 Å². The highest BCUT2D eigenvalue weighted by atomic mass is 16.5. The Balaban J connectivity index is 2.41. The first-order valence-corrected chi connectivity index (χ1v) is 5.56. The van der Waals surface area contributed by atoms with Crippen molar-refractivity contribution in [1.29, 1.82) is 0 Å². The van der Waals surface area contributed by atoms with Gasteiger partial charge in [0.15, 0.2) is 0 Å². The Kier molecular flexibility index (Phi) is 5.19. The lowest BCUT2D eigenvalue weighted by atomic mass is 10.3. The van der Waals surface area contributed by atoms with Crippen LogP contribution in [0.25, 0.3) is 0 Å². The van der Waals surface area contributed by atoms with E-state index in [4.69, 9.17) is 10.5 Å². The number of amides is 2. The molecule has 0 aromatic carbocycles. The predicted molar refractivity (Wildman–Crippen MR) is 67.0 cm³/mol. The molecule has 7 heteroatoms. The monoisotopic (exact) mass is 254 g/mol. The van der Waals surface area contributed by atoms with Gasteiger partial charge in [0, 0.05) is 25.5 Å². The molecule has 0 bridgehead atoms. The molecule has 0 aliphatic rings. The van der Waals surface area contributed by atoms with Gasteiger partial charge in [0.1, 0.15) is 11.7 Å². The van der Waals surface area contributed by atoms with Crippen LogP contribution in [0.3, 0.4) is 0 Å². The smallest absolute Gasteiger partial charge is 0.268 e. The quantitative estimate of drug-likeness (QED) is 0.512. The Hall–Kier alpha value is -2.02. The third-order valence-electron chi connectivity index (χ3n) is 2.30. The summed E-state index contributed by atoms with van der Waals surface area (Å²) in [6.07, 6.45) is 1.51. The lowest BCUT2D eigenvalue weighted by Gasteiger charge is -2.13. The number of methoxy groups -OCH3 is 1. The largest absolute Gasteiger partial charge is 0.397 e. The number of H-pyrrole nitrogens is 1. The van der Waals surface area contributed by atoms with Gasteiger partial charge in [0.05, 0.1) is 6.61 Å². The molecule has 1 aromatic heterocycles. The minimum Gasteiger partial charge on any atom is -0.397 e. The van der Waals surface area contributed by atoms with Crippen LogP contribution >= 0.6 is 0 Å². The first-order valence-electron chi connectivity index (χ1n) is 5.56. The lowest BCUT2D eigenvalue weighted by Crippen LogP contribution is -2.45. The molecule has 0 aliphatic heterocycles. The maximum atomic E-state index is 11.7. The van der Waals surface area contributed by atoms with Crippen molar-refractivity contribution in [3.05, 3.63) is 18.0 Å². The van der Waals surface area contributed by atoms with Crippen molar-refractivity contribution in [3.8, 4) is 0 Å². The van der Waals surface area contributed by atoms with Crippen LogP contribution in [0, 0.1) is 0 Å². The van der Waals surface area contributed by atoms with Crippen molar-refractivity contribution >= 4 is 17.5 Å². The molecule has 0 radical (unpaired) electrons. The van der Waals surface area contributed by atoms with Gasteiger partial charge in [0.25, 0.3) is 5.91 Å². The van der Waals surface area contributed by atoms with Crippen LogP contribution in [0.1, 0.15) is 17.4 Å². The SMILES string of the molecule is COCCNC(=O)C(C)NC(=O)c1cc(N)c[nH]1. The molecule has 100 valence electrons. The highest BCUT2D eigenvalue weighted by Crippen LogP contribution is 2.04. The molecule has 1 unspecified atom stereocenters. The molecule has 5 N–H and O–H groups in total. The summed E-state index contributed by atoms with van der Waals surface area (Å²) in [6.45, 7) is 2.44. The summed E-state index contributed by atoms with van der Waals surface area (Å²) in [6, 6.07) is 0.879. The maximum absolute atomic E-state index is 11.7. The van der Waals surface area contributed by atoms with E-state index in [0.29, 0.717) is 24.5 Å². The Morgan fingerprint density at radius 1 is 1.56 bits per heavy atom. The van der Waals surface area contributed by atoms with Crippen LogP contribution in [-0.4, -0.2) is 43.1 Å². The number of nitrogen functional groups attached to an aromatic ring is 1. The van der Waals surface area contributed by atoms with Gasteiger partial charge in [-0.25, -0.2) is 0 Å². The summed E-state index contributed by atoms with van der Waals surface area (Å²) in [5, 5.41) is 5.19. The Bertz CT molecular complexity index is 416. The number of ether oxygens (including phenoxy) is 1. The Morgan fingerprint density at radius 3 is 2.83 bits per heavy atom. The van der Waals surface area contributed by atoms with Crippen LogP contribution < -0.4 is 16.4 Å². The molecular weight excluding hydrogens is 236 g/mol. The fourth-order valence-corrected chi connectivity index (χ4v) is 1.31. The van der Waals surface area contributed by atoms with Gasteiger partial charge in [0.2, 0.25) is 5.91 Å². The minimum absolute atomic E-state index is 0.264. The Labute approximate surface area is 105 Å². The Morgan fingerprint density at radius 2 is 2.28 bits per heavy atom. The number of aromatic amines is 1. The van der Waals surface area contributed by atoms with Gasteiger partial charge in [-0.3, -0.25) is 9.59 Å². The highest BCUT2D eigenvalue weighted by molar-refractivity contribution is 5.96. The van der Waals surface area contributed by atoms with E-state index in [-0.39, 0.29) is 11.8 Å². The number of anilines is 1. The van der Waals surface area contributed by atoms with Crippen molar-refractivity contribution in [2.45, 2.75) is 13.0 Å². The van der Waals surface area contributed by atoms with Gasteiger partial charge < -0.3 is 26.1 Å². The zero-order valence-electron chi connectivity index (χ0n) is 10.4. The second-order valence-electron chi connectivity index (χ2n) is 3.83. The average molecular weight is 254 g/mol. The number of nitrogens with one attached hydrogen (secondary N) is 3. The summed E-state index contributed by atoms with van der Waals surface area (Å²) in [5.74, 6) is -0.638. The number of nitrogens with two attached hydrogens (primary N) is 1. The van der Waals surface area contributed by atoms with E-state index in [1.807, 2.05) is 0 Å². The van der Waals surface area contributed by atoms with Gasteiger partial charge in [-0.15, -0.1) is 0 Å². The highest BCUT2D eigenvalue weighted by Gasteiger charge is 2.16. The van der Waals surface area contributed by atoms with Gasteiger partial charge in [-0.1, -0.05) is 0 Å². The molecule has 0 saturated carbocycles. The van der Waals surface area contributed by atoms with Crippen LogP contribution in [0.4, 0.5) is 5.69 Å². The van der Waals surface area contributed by atoms with Crippen LogP contribution in [-0.2, 0) is 9.53 Å². The standard InChI is InChI=1S/C11H18N4O3/c1-7(10(16)13-3-4-18-2)15-11(17)9-5-8(12)6-14-9/h5-7,14H,3-4,12H2,1-2H3,(H,13,16)(H,15,17). The van der Waals surface area contributed by atoms with Gasteiger partial charge in [-0.2, -0.15) is 0 Å². The third kappa shape index (κ3) is 4.10. The minimum atomic E-state index is -0.626. The van der Waals surface area contributed by atoms with E-state index in [2.05, 4.69) is 15.6 Å². The van der Waals surface area contributed by atoms with Crippen molar-refractivity contribution in [2.75, 3.05) is 26.0 Å². The molecule has 7 nitrogen and oxygen atoms in total. The van der Waals surface area contributed by atoms with Crippen molar-refractivity contribution in [1.82, 2.24) is 15.6 Å². The zero-order valence-corrected chi connectivity index (χ0v) is 10.4. The normalized spacial score (nSPS) is 11.9. The summed E-state index contributed by atoms with van der Waals surface area (Å²) < 4.78 is 4.80. The molecule has 1 aromatic rings. The number of aromatic nitrogens is 1.